The lowest BCUT2D eigenvalue weighted by Crippen LogP contribution is -1.83. The van der Waals surface area contributed by atoms with Crippen LogP contribution in [0.4, 0.5) is 0 Å². The van der Waals surface area contributed by atoms with E-state index in [0.29, 0.717) is 34.3 Å². The molecule has 24 heavy (non-hydrogen) atoms. The molecule has 4 heterocycles. The SMILES string of the molecule is c1ccc(-c2nnc(SCc3nc(-c4cccnc4)no3)o2)nc1. The molecule has 9 heteroatoms. The molecule has 8 nitrogen and oxygen atoms in total. The summed E-state index contributed by atoms with van der Waals surface area (Å²) in [6.45, 7) is 0. The van der Waals surface area contributed by atoms with Crippen molar-refractivity contribution in [3.8, 4) is 23.0 Å². The van der Waals surface area contributed by atoms with Crippen molar-refractivity contribution in [3.63, 3.8) is 0 Å². The molecule has 4 aromatic rings. The second-order valence-corrected chi connectivity index (χ2v) is 5.56. The smallest absolute Gasteiger partial charge is 0.277 e. The van der Waals surface area contributed by atoms with Gasteiger partial charge < -0.3 is 8.94 Å². The summed E-state index contributed by atoms with van der Waals surface area (Å²) in [5, 5.41) is 12.3. The minimum atomic E-state index is 0.375. The fraction of sp³-hybridized carbons (Fsp3) is 0.0667. The van der Waals surface area contributed by atoms with Gasteiger partial charge >= 0.3 is 0 Å². The Labute approximate surface area is 140 Å². The largest absolute Gasteiger partial charge is 0.410 e. The Morgan fingerprint density at radius 1 is 1.04 bits per heavy atom. The van der Waals surface area contributed by atoms with Crippen molar-refractivity contribution in [3.05, 3.63) is 54.8 Å². The summed E-state index contributed by atoms with van der Waals surface area (Å²) in [6.07, 6.45) is 5.04. The van der Waals surface area contributed by atoms with Crippen LogP contribution in [0.3, 0.4) is 0 Å². The summed E-state index contributed by atoms with van der Waals surface area (Å²) in [6, 6.07) is 9.17. The number of hydrogen-bond acceptors (Lipinski definition) is 9. The van der Waals surface area contributed by atoms with Crippen LogP contribution in [0, 0.1) is 0 Å². The van der Waals surface area contributed by atoms with E-state index in [2.05, 4.69) is 30.3 Å². The summed E-state index contributed by atoms with van der Waals surface area (Å²) < 4.78 is 10.8. The molecule has 0 amide bonds. The Morgan fingerprint density at radius 2 is 2.04 bits per heavy atom. The van der Waals surface area contributed by atoms with E-state index in [-0.39, 0.29) is 0 Å². The Kier molecular flexibility index (Phi) is 3.98. The van der Waals surface area contributed by atoms with Gasteiger partial charge in [-0.2, -0.15) is 4.98 Å². The maximum absolute atomic E-state index is 5.56. The molecule has 0 aromatic carbocycles. The topological polar surface area (TPSA) is 104 Å². The van der Waals surface area contributed by atoms with Gasteiger partial charge in [0, 0.05) is 24.2 Å². The van der Waals surface area contributed by atoms with Crippen molar-refractivity contribution in [2.45, 2.75) is 11.0 Å². The van der Waals surface area contributed by atoms with Gasteiger partial charge in [-0.3, -0.25) is 9.97 Å². The summed E-state index contributed by atoms with van der Waals surface area (Å²) >= 11 is 1.32. The first-order valence-corrected chi connectivity index (χ1v) is 7.98. The first-order valence-electron chi connectivity index (χ1n) is 6.99. The fourth-order valence-corrected chi connectivity index (χ4v) is 2.51. The molecule has 4 rings (SSSR count). The highest BCUT2D eigenvalue weighted by Crippen LogP contribution is 2.25. The number of hydrogen-bond donors (Lipinski definition) is 0. The van der Waals surface area contributed by atoms with Crippen LogP contribution < -0.4 is 0 Å². The minimum absolute atomic E-state index is 0.375. The number of thioether (sulfide) groups is 1. The number of aromatic nitrogens is 6. The monoisotopic (exact) mass is 338 g/mol. The number of pyridine rings is 2. The van der Waals surface area contributed by atoms with Crippen molar-refractivity contribution < 1.29 is 8.94 Å². The molecule has 0 bridgehead atoms. The first-order chi connectivity index (χ1) is 11.9. The van der Waals surface area contributed by atoms with E-state index < -0.39 is 0 Å². The van der Waals surface area contributed by atoms with Crippen molar-refractivity contribution in [2.75, 3.05) is 0 Å². The van der Waals surface area contributed by atoms with Gasteiger partial charge in [-0.05, 0) is 24.3 Å². The zero-order chi connectivity index (χ0) is 16.2. The predicted octanol–water partition coefficient (Wildman–Crippen LogP) is 2.87. The number of nitrogens with zero attached hydrogens (tertiary/aromatic N) is 6. The molecule has 0 aliphatic carbocycles. The van der Waals surface area contributed by atoms with Gasteiger partial charge in [-0.1, -0.05) is 23.0 Å². The molecule has 0 N–H and O–H groups in total. The molecule has 0 unspecified atom stereocenters. The van der Waals surface area contributed by atoms with E-state index in [1.165, 1.54) is 11.8 Å². The van der Waals surface area contributed by atoms with Crippen molar-refractivity contribution in [1.82, 2.24) is 30.3 Å². The normalized spacial score (nSPS) is 10.8. The molecule has 0 saturated carbocycles. The van der Waals surface area contributed by atoms with Gasteiger partial charge in [0.05, 0.1) is 5.75 Å². The van der Waals surface area contributed by atoms with Crippen LogP contribution in [0.15, 0.2) is 63.1 Å². The molecule has 0 aliphatic rings. The molecule has 0 spiro atoms. The molecule has 0 atom stereocenters. The Morgan fingerprint density at radius 3 is 2.88 bits per heavy atom. The molecular weight excluding hydrogens is 328 g/mol. The average Bonchev–Trinajstić information content (AvgIpc) is 3.31. The van der Waals surface area contributed by atoms with Gasteiger partial charge in [-0.15, -0.1) is 10.2 Å². The van der Waals surface area contributed by atoms with Crippen LogP contribution in [-0.4, -0.2) is 30.3 Å². The molecule has 0 fully saturated rings. The zero-order valence-corrected chi connectivity index (χ0v) is 13.1. The quantitative estimate of drug-likeness (QED) is 0.508. The summed E-state index contributed by atoms with van der Waals surface area (Å²) in [5.74, 6) is 1.77. The molecule has 0 radical (unpaired) electrons. The van der Waals surface area contributed by atoms with E-state index >= 15 is 0 Å². The molecule has 0 saturated heterocycles. The molecule has 118 valence electrons. The second kappa shape index (κ2) is 6.59. The highest BCUT2D eigenvalue weighted by molar-refractivity contribution is 7.98. The highest BCUT2D eigenvalue weighted by Gasteiger charge is 2.13. The summed E-state index contributed by atoms with van der Waals surface area (Å²) in [7, 11) is 0. The van der Waals surface area contributed by atoms with Crippen LogP contribution in [0.2, 0.25) is 0 Å². The van der Waals surface area contributed by atoms with Crippen LogP contribution in [0.1, 0.15) is 5.89 Å². The molecule has 0 aliphatic heterocycles. The molecule has 4 aromatic heterocycles. The van der Waals surface area contributed by atoms with E-state index in [4.69, 9.17) is 8.94 Å². The van der Waals surface area contributed by atoms with Crippen LogP contribution in [0.25, 0.3) is 23.0 Å². The van der Waals surface area contributed by atoms with Crippen molar-refractivity contribution in [1.29, 1.82) is 0 Å². The minimum Gasteiger partial charge on any atom is -0.410 e. The Balaban J connectivity index is 1.43. The van der Waals surface area contributed by atoms with Crippen molar-refractivity contribution >= 4 is 11.8 Å². The average molecular weight is 338 g/mol. The third-order valence-electron chi connectivity index (χ3n) is 3.00. The van der Waals surface area contributed by atoms with E-state index in [9.17, 15) is 0 Å². The van der Waals surface area contributed by atoms with E-state index in [0.717, 1.165) is 5.56 Å². The Bertz CT molecular complexity index is 848. The molecular formula is C15H10N6O2S. The van der Waals surface area contributed by atoms with Crippen LogP contribution in [-0.2, 0) is 5.75 Å². The van der Waals surface area contributed by atoms with Gasteiger partial charge in [0.25, 0.3) is 11.1 Å². The lowest BCUT2D eigenvalue weighted by molar-refractivity contribution is 0.391. The third-order valence-corrected chi connectivity index (χ3v) is 3.80. The maximum Gasteiger partial charge on any atom is 0.277 e. The van der Waals surface area contributed by atoms with Crippen LogP contribution in [0.5, 0.6) is 0 Å². The van der Waals surface area contributed by atoms with Gasteiger partial charge in [0.2, 0.25) is 11.7 Å². The standard InChI is InChI=1S/C15H10N6O2S/c1-2-7-17-11(5-1)14-19-20-15(22-14)24-9-12-18-13(21-23-12)10-4-3-6-16-8-10/h1-8H,9H2. The first kappa shape index (κ1) is 14.5. The lowest BCUT2D eigenvalue weighted by atomic mass is 10.3. The number of rotatable bonds is 5. The second-order valence-electron chi connectivity index (χ2n) is 4.63. The summed E-state index contributed by atoms with van der Waals surface area (Å²) in [5.41, 5.74) is 1.43. The third kappa shape index (κ3) is 3.15. The van der Waals surface area contributed by atoms with Gasteiger partial charge in [-0.25, -0.2) is 0 Å². The van der Waals surface area contributed by atoms with E-state index in [1.807, 2.05) is 24.3 Å². The zero-order valence-electron chi connectivity index (χ0n) is 12.2. The van der Waals surface area contributed by atoms with Crippen LogP contribution >= 0.6 is 11.8 Å². The van der Waals surface area contributed by atoms with Gasteiger partial charge in [0.1, 0.15) is 5.69 Å². The van der Waals surface area contributed by atoms with E-state index in [1.54, 1.807) is 24.7 Å². The predicted molar refractivity (Wildman–Crippen MR) is 84.6 cm³/mol. The maximum atomic E-state index is 5.56. The van der Waals surface area contributed by atoms with Crippen molar-refractivity contribution in [2.24, 2.45) is 0 Å². The Hall–Kier alpha value is -3.07. The fourth-order valence-electron chi connectivity index (χ4n) is 1.91. The highest BCUT2D eigenvalue weighted by atomic mass is 32.2. The summed E-state index contributed by atoms with van der Waals surface area (Å²) in [4.78, 5) is 12.5. The van der Waals surface area contributed by atoms with Gasteiger partial charge in [0.15, 0.2) is 0 Å². The lowest BCUT2D eigenvalue weighted by Gasteiger charge is -1.92.